The predicted octanol–water partition coefficient (Wildman–Crippen LogP) is 2.03. The molecule has 3 atom stereocenters. The molecule has 9 nitrogen and oxygen atoms in total. The van der Waals surface area contributed by atoms with Crippen LogP contribution >= 0.6 is 0 Å². The number of hydrogen-bond donors (Lipinski definition) is 2. The quantitative estimate of drug-likeness (QED) is 0.451. The van der Waals surface area contributed by atoms with Gasteiger partial charge in [-0.15, -0.1) is 0 Å². The highest BCUT2D eigenvalue weighted by Crippen LogP contribution is 2.39. The van der Waals surface area contributed by atoms with E-state index in [4.69, 9.17) is 0 Å². The van der Waals surface area contributed by atoms with Crippen LogP contribution in [0.3, 0.4) is 0 Å². The summed E-state index contributed by atoms with van der Waals surface area (Å²) in [6.07, 6.45) is 0.642. The molecule has 0 bridgehead atoms. The lowest BCUT2D eigenvalue weighted by Crippen LogP contribution is -2.59. The van der Waals surface area contributed by atoms with Crippen LogP contribution in [-0.2, 0) is 38.4 Å². The Labute approximate surface area is 220 Å². The lowest BCUT2D eigenvalue weighted by Gasteiger charge is -2.43. The molecule has 1 aliphatic carbocycles. The fraction of sp³-hybridized carbons (Fsp3) is 0.385. The number of imide groups is 1. The average molecular weight is 545 g/mol. The van der Waals surface area contributed by atoms with Crippen LogP contribution in [0.4, 0.5) is 19.3 Å². The second-order valence-electron chi connectivity index (χ2n) is 10.4. The summed E-state index contributed by atoms with van der Waals surface area (Å²) in [6, 6.07) is 6.59. The van der Waals surface area contributed by atoms with Crippen LogP contribution in [-0.4, -0.2) is 67.7 Å². The van der Waals surface area contributed by atoms with Crippen molar-refractivity contribution in [2.24, 2.45) is 0 Å². The minimum Gasteiger partial charge on any atom is -0.615 e. The van der Waals surface area contributed by atoms with E-state index in [1.165, 1.54) is 23.6 Å². The lowest BCUT2D eigenvalue weighted by atomic mass is 9.95. The van der Waals surface area contributed by atoms with Crippen LogP contribution in [0.1, 0.15) is 36.6 Å². The summed E-state index contributed by atoms with van der Waals surface area (Å²) < 4.78 is 39.4. The molecule has 2 heterocycles. The Morgan fingerprint density at radius 1 is 1.11 bits per heavy atom. The van der Waals surface area contributed by atoms with Gasteiger partial charge in [-0.05, 0) is 66.0 Å². The van der Waals surface area contributed by atoms with Crippen molar-refractivity contribution in [3.8, 4) is 0 Å². The molecule has 3 unspecified atom stereocenters. The number of nitrogens with zero attached hydrogens (tertiary/aromatic N) is 2. The highest BCUT2D eigenvalue weighted by atomic mass is 32.2. The maximum absolute atomic E-state index is 14.0. The number of urea groups is 1. The molecule has 0 saturated carbocycles. The summed E-state index contributed by atoms with van der Waals surface area (Å²) in [5.41, 5.74) is 1.22. The number of benzene rings is 2. The standard InChI is InChI=1S/C26H26F2N4O5S/c1-25(2)23(35)32(20(13-38(25)37)15-6-17(27)9-18(28)7-15)12-21(33)29-19-5-4-14-10-26(11-16(14)8-19)22(34)30-24(36)31(26)3/h4-9,20H,10-13H2,1-3H3,(H,29,33)(H,30,34,36). The van der Waals surface area contributed by atoms with Crippen LogP contribution in [0.5, 0.6) is 0 Å². The number of carbonyl (C=O) groups is 4. The summed E-state index contributed by atoms with van der Waals surface area (Å²) in [5, 5.41) is 5.08. The van der Waals surface area contributed by atoms with E-state index < -0.39 is 63.5 Å². The molecule has 2 fully saturated rings. The highest BCUT2D eigenvalue weighted by molar-refractivity contribution is 7.93. The molecule has 2 aliphatic heterocycles. The Balaban J connectivity index is 1.36. The third-order valence-corrected chi connectivity index (χ3v) is 9.59. The third-order valence-electron chi connectivity index (χ3n) is 7.66. The summed E-state index contributed by atoms with van der Waals surface area (Å²) >= 11 is -1.64. The maximum Gasteiger partial charge on any atom is 0.324 e. The number of carbonyl (C=O) groups excluding carboxylic acids is 4. The first-order chi connectivity index (χ1) is 17.8. The van der Waals surface area contributed by atoms with Crippen molar-refractivity contribution in [3.05, 3.63) is 64.7 Å². The lowest BCUT2D eigenvalue weighted by molar-refractivity contribution is -0.139. The zero-order chi connectivity index (χ0) is 27.6. The topological polar surface area (TPSA) is 122 Å². The van der Waals surface area contributed by atoms with E-state index >= 15 is 0 Å². The fourth-order valence-corrected chi connectivity index (χ4v) is 6.77. The van der Waals surface area contributed by atoms with E-state index in [-0.39, 0.29) is 23.6 Å². The van der Waals surface area contributed by atoms with E-state index in [0.717, 1.165) is 23.3 Å². The monoisotopic (exact) mass is 544 g/mol. The Bertz CT molecular complexity index is 1370. The minimum atomic E-state index is -1.64. The Morgan fingerprint density at radius 2 is 1.76 bits per heavy atom. The van der Waals surface area contributed by atoms with Crippen LogP contribution < -0.4 is 10.6 Å². The van der Waals surface area contributed by atoms with Crippen molar-refractivity contribution in [1.82, 2.24) is 15.1 Å². The second-order valence-corrected chi connectivity index (χ2v) is 12.5. The van der Waals surface area contributed by atoms with Crippen molar-refractivity contribution in [3.63, 3.8) is 0 Å². The molecular formula is C26H26F2N4O5S. The molecule has 12 heteroatoms. The smallest absolute Gasteiger partial charge is 0.324 e. The Kier molecular flexibility index (Phi) is 6.22. The number of likely N-dealkylation sites (N-methyl/N-ethyl adjacent to an activating group) is 1. The van der Waals surface area contributed by atoms with Gasteiger partial charge in [0.05, 0.1) is 0 Å². The van der Waals surface area contributed by atoms with E-state index in [9.17, 15) is 32.5 Å². The number of hydrogen-bond acceptors (Lipinski definition) is 5. The molecule has 2 aromatic rings. The van der Waals surface area contributed by atoms with Crippen LogP contribution in [0, 0.1) is 11.6 Å². The zero-order valence-corrected chi connectivity index (χ0v) is 21.8. The molecule has 2 aromatic carbocycles. The van der Waals surface area contributed by atoms with Gasteiger partial charge in [0.25, 0.3) is 11.8 Å². The van der Waals surface area contributed by atoms with E-state index in [1.807, 2.05) is 0 Å². The number of halogens is 2. The van der Waals surface area contributed by atoms with Gasteiger partial charge in [0.2, 0.25) is 5.91 Å². The van der Waals surface area contributed by atoms with E-state index in [2.05, 4.69) is 10.6 Å². The normalized spacial score (nSPS) is 26.1. The Morgan fingerprint density at radius 3 is 2.39 bits per heavy atom. The largest absolute Gasteiger partial charge is 0.615 e. The molecule has 5 amide bonds. The number of fused-ring (bicyclic) bond motifs is 1. The molecule has 38 heavy (non-hydrogen) atoms. The highest BCUT2D eigenvalue weighted by Gasteiger charge is 2.54. The van der Waals surface area contributed by atoms with Crippen LogP contribution in [0.2, 0.25) is 0 Å². The summed E-state index contributed by atoms with van der Waals surface area (Å²) in [5.74, 6) is -3.25. The molecule has 2 N–H and O–H groups in total. The molecule has 0 aromatic heterocycles. The van der Waals surface area contributed by atoms with Gasteiger partial charge in [0.1, 0.15) is 35.5 Å². The number of nitrogens with one attached hydrogen (secondary N) is 2. The van der Waals surface area contributed by atoms with Crippen molar-refractivity contribution >= 4 is 40.6 Å². The maximum atomic E-state index is 14.0. The van der Waals surface area contributed by atoms with E-state index in [1.54, 1.807) is 25.2 Å². The average Bonchev–Trinajstić information content (AvgIpc) is 3.31. The number of anilines is 1. The molecule has 5 rings (SSSR count). The fourth-order valence-electron chi connectivity index (χ4n) is 5.38. The van der Waals surface area contributed by atoms with E-state index in [0.29, 0.717) is 18.2 Å². The molecular weight excluding hydrogens is 518 g/mol. The van der Waals surface area contributed by atoms with Gasteiger partial charge >= 0.3 is 6.03 Å². The van der Waals surface area contributed by atoms with Crippen molar-refractivity contribution in [2.45, 2.75) is 43.0 Å². The van der Waals surface area contributed by atoms with Gasteiger partial charge in [0, 0.05) is 31.6 Å². The van der Waals surface area contributed by atoms with Gasteiger partial charge in [-0.3, -0.25) is 19.7 Å². The molecule has 200 valence electrons. The van der Waals surface area contributed by atoms with Gasteiger partial charge < -0.3 is 19.7 Å². The van der Waals surface area contributed by atoms with Gasteiger partial charge in [0.15, 0.2) is 4.75 Å². The number of amides is 5. The summed E-state index contributed by atoms with van der Waals surface area (Å²) in [6.45, 7) is 2.59. The van der Waals surface area contributed by atoms with Gasteiger partial charge in [-0.2, -0.15) is 0 Å². The number of rotatable bonds is 4. The third kappa shape index (κ3) is 4.21. The first-order valence-corrected chi connectivity index (χ1v) is 13.3. The molecule has 1 spiro atoms. The molecule has 3 aliphatic rings. The van der Waals surface area contributed by atoms with Crippen LogP contribution in [0.15, 0.2) is 36.4 Å². The van der Waals surface area contributed by atoms with Gasteiger partial charge in [-0.1, -0.05) is 6.07 Å². The SMILES string of the molecule is CN1C(=O)NC(=O)C12Cc1ccc(NC(=O)CN3C(=O)C(C)(C)[S+]([O-])CC3c3cc(F)cc(F)c3)cc1C2. The first-order valence-electron chi connectivity index (χ1n) is 12.0. The van der Waals surface area contributed by atoms with Crippen molar-refractivity contribution in [2.75, 3.05) is 24.7 Å². The van der Waals surface area contributed by atoms with Crippen molar-refractivity contribution in [1.29, 1.82) is 0 Å². The minimum absolute atomic E-state index is 0.0792. The Hall–Kier alpha value is -3.51. The summed E-state index contributed by atoms with van der Waals surface area (Å²) in [4.78, 5) is 53.5. The second kappa shape index (κ2) is 9.05. The molecule has 2 saturated heterocycles. The predicted molar refractivity (Wildman–Crippen MR) is 134 cm³/mol. The zero-order valence-electron chi connectivity index (χ0n) is 21.0. The van der Waals surface area contributed by atoms with Crippen molar-refractivity contribution < 1.29 is 32.5 Å². The summed E-state index contributed by atoms with van der Waals surface area (Å²) in [7, 11) is 1.57. The first kappa shape index (κ1) is 26.1. The van der Waals surface area contributed by atoms with Gasteiger partial charge in [-0.25, -0.2) is 13.6 Å². The molecule has 0 radical (unpaired) electrons. The van der Waals surface area contributed by atoms with Crippen LogP contribution in [0.25, 0.3) is 0 Å².